The van der Waals surface area contributed by atoms with Gasteiger partial charge in [-0.05, 0) is 35.6 Å². The average Bonchev–Trinajstić information content (AvgIpc) is 2.93. The summed E-state index contributed by atoms with van der Waals surface area (Å²) in [7, 11) is 2.00. The van der Waals surface area contributed by atoms with Crippen molar-refractivity contribution in [2.45, 2.75) is 30.1 Å². The fraction of sp³-hybridized carbons (Fsp3) is 0.429. The molecule has 0 aliphatic rings. The van der Waals surface area contributed by atoms with Gasteiger partial charge < -0.3 is 5.32 Å². The van der Waals surface area contributed by atoms with Gasteiger partial charge in [0.15, 0.2) is 4.34 Å². The van der Waals surface area contributed by atoms with Crippen LogP contribution in [0.25, 0.3) is 0 Å². The van der Waals surface area contributed by atoms with E-state index < -0.39 is 0 Å². The lowest BCUT2D eigenvalue weighted by Crippen LogP contribution is -2.18. The minimum Gasteiger partial charge on any atom is -0.312 e. The number of hydrogen-bond acceptors (Lipinski definition) is 5. The Labute approximate surface area is 123 Å². The highest BCUT2D eigenvalue weighted by Crippen LogP contribution is 2.26. The first-order valence-electron chi connectivity index (χ1n) is 6.37. The highest BCUT2D eigenvalue weighted by molar-refractivity contribution is 8.00. The van der Waals surface area contributed by atoms with Crippen LogP contribution in [0, 0.1) is 0 Å². The lowest BCUT2D eigenvalue weighted by atomic mass is 10.00. The van der Waals surface area contributed by atoms with Gasteiger partial charge in [-0.1, -0.05) is 49.9 Å². The molecule has 1 heterocycles. The van der Waals surface area contributed by atoms with Crippen LogP contribution in [0.15, 0.2) is 34.9 Å². The molecule has 1 N–H and O–H groups in total. The molecule has 1 unspecified atom stereocenters. The molecule has 0 amide bonds. The number of nitrogens with one attached hydrogen (secondary N) is 1. The first-order valence-corrected chi connectivity index (χ1v) is 8.13. The Morgan fingerprint density at radius 2 is 1.89 bits per heavy atom. The van der Waals surface area contributed by atoms with E-state index in [9.17, 15) is 0 Å². The van der Waals surface area contributed by atoms with Crippen molar-refractivity contribution in [3.8, 4) is 0 Å². The van der Waals surface area contributed by atoms with E-state index in [0.29, 0.717) is 12.0 Å². The predicted octanol–water partition coefficient (Wildman–Crippen LogP) is 3.71. The van der Waals surface area contributed by atoms with E-state index in [1.165, 1.54) is 22.7 Å². The van der Waals surface area contributed by atoms with Crippen molar-refractivity contribution in [2.75, 3.05) is 12.8 Å². The second-order valence-electron chi connectivity index (χ2n) is 4.68. The molecule has 0 saturated carbocycles. The maximum absolute atomic E-state index is 4.20. The van der Waals surface area contributed by atoms with Crippen molar-refractivity contribution in [3.63, 3.8) is 0 Å². The molecule has 19 heavy (non-hydrogen) atoms. The van der Waals surface area contributed by atoms with Gasteiger partial charge in [0.25, 0.3) is 0 Å². The smallest absolute Gasteiger partial charge is 0.169 e. The van der Waals surface area contributed by atoms with Gasteiger partial charge in [-0.25, -0.2) is 4.98 Å². The summed E-state index contributed by atoms with van der Waals surface area (Å²) < 4.78 is 5.05. The second kappa shape index (κ2) is 7.03. The number of nitrogens with zero attached hydrogens (tertiary/aromatic N) is 2. The van der Waals surface area contributed by atoms with E-state index in [4.69, 9.17) is 0 Å². The molecule has 2 aromatic rings. The van der Waals surface area contributed by atoms with Gasteiger partial charge >= 0.3 is 0 Å². The second-order valence-corrected chi connectivity index (χ2v) is 6.73. The molecule has 1 aromatic carbocycles. The maximum atomic E-state index is 4.20. The van der Waals surface area contributed by atoms with E-state index in [0.717, 1.165) is 10.1 Å². The molecular weight excluding hydrogens is 274 g/mol. The highest BCUT2D eigenvalue weighted by atomic mass is 32.2. The molecule has 3 nitrogen and oxygen atoms in total. The molecule has 0 bridgehead atoms. The van der Waals surface area contributed by atoms with Gasteiger partial charge in [-0.2, -0.15) is 4.37 Å². The highest BCUT2D eigenvalue weighted by Gasteiger charge is 2.11. The van der Waals surface area contributed by atoms with Crippen molar-refractivity contribution < 1.29 is 0 Å². The van der Waals surface area contributed by atoms with Crippen LogP contribution in [0.5, 0.6) is 0 Å². The standard InChI is InChI=1S/C14H19N3S2/c1-10(2)11-4-6-12(7-5-11)13(15-3)8-18-14-16-9-17-19-14/h4-7,9-10,13,15H,8H2,1-3H3. The van der Waals surface area contributed by atoms with Gasteiger partial charge in [0.1, 0.15) is 6.33 Å². The van der Waals surface area contributed by atoms with E-state index in [1.807, 2.05) is 7.05 Å². The summed E-state index contributed by atoms with van der Waals surface area (Å²) >= 11 is 3.20. The minimum atomic E-state index is 0.343. The van der Waals surface area contributed by atoms with Crippen LogP contribution in [0.1, 0.15) is 36.9 Å². The molecule has 1 aromatic heterocycles. The Hall–Kier alpha value is -0.910. The monoisotopic (exact) mass is 293 g/mol. The number of rotatable bonds is 6. The Kier molecular flexibility index (Phi) is 5.36. The van der Waals surface area contributed by atoms with Crippen LogP contribution >= 0.6 is 23.3 Å². The van der Waals surface area contributed by atoms with Crippen LogP contribution in [0.4, 0.5) is 0 Å². The summed E-state index contributed by atoms with van der Waals surface area (Å²) in [6.07, 6.45) is 1.61. The van der Waals surface area contributed by atoms with Crippen LogP contribution in [-0.4, -0.2) is 22.2 Å². The van der Waals surface area contributed by atoms with Crippen LogP contribution < -0.4 is 5.32 Å². The number of aromatic nitrogens is 2. The summed E-state index contributed by atoms with van der Waals surface area (Å²) in [4.78, 5) is 4.20. The van der Waals surface area contributed by atoms with Crippen molar-refractivity contribution in [3.05, 3.63) is 41.7 Å². The third kappa shape index (κ3) is 4.03. The van der Waals surface area contributed by atoms with E-state index >= 15 is 0 Å². The molecule has 2 rings (SSSR count). The SMILES string of the molecule is CNC(CSc1ncns1)c1ccc(C(C)C)cc1. The van der Waals surface area contributed by atoms with Crippen molar-refractivity contribution in [1.82, 2.24) is 14.7 Å². The normalized spacial score (nSPS) is 12.8. The van der Waals surface area contributed by atoms with Crippen LogP contribution in [0.3, 0.4) is 0 Å². The van der Waals surface area contributed by atoms with E-state index in [-0.39, 0.29) is 0 Å². The summed E-state index contributed by atoms with van der Waals surface area (Å²) in [5.41, 5.74) is 2.71. The number of thioether (sulfide) groups is 1. The third-order valence-corrected chi connectivity index (χ3v) is 4.96. The minimum absolute atomic E-state index is 0.343. The lowest BCUT2D eigenvalue weighted by molar-refractivity contribution is 0.661. The molecule has 5 heteroatoms. The molecule has 0 aliphatic heterocycles. The van der Waals surface area contributed by atoms with Gasteiger partial charge in [0.05, 0.1) is 0 Å². The fourth-order valence-electron chi connectivity index (χ4n) is 1.84. The van der Waals surface area contributed by atoms with Crippen LogP contribution in [-0.2, 0) is 0 Å². The molecule has 0 spiro atoms. The van der Waals surface area contributed by atoms with Crippen LogP contribution in [0.2, 0.25) is 0 Å². The zero-order valence-electron chi connectivity index (χ0n) is 11.5. The number of hydrogen-bond donors (Lipinski definition) is 1. The zero-order valence-corrected chi connectivity index (χ0v) is 13.1. The third-order valence-electron chi connectivity index (χ3n) is 3.07. The molecule has 0 aliphatic carbocycles. The predicted molar refractivity (Wildman–Crippen MR) is 83.0 cm³/mol. The molecule has 0 radical (unpaired) electrons. The molecular formula is C14H19N3S2. The van der Waals surface area contributed by atoms with Gasteiger partial charge in [0, 0.05) is 11.8 Å². The lowest BCUT2D eigenvalue weighted by Gasteiger charge is -2.16. The summed E-state index contributed by atoms with van der Waals surface area (Å²) in [5.74, 6) is 1.55. The Balaban J connectivity index is 2.00. The topological polar surface area (TPSA) is 37.8 Å². The quantitative estimate of drug-likeness (QED) is 0.824. The van der Waals surface area contributed by atoms with Gasteiger partial charge in [0.2, 0.25) is 0 Å². The van der Waals surface area contributed by atoms with Crippen molar-refractivity contribution >= 4 is 23.3 Å². The van der Waals surface area contributed by atoms with E-state index in [1.54, 1.807) is 18.1 Å². The molecule has 102 valence electrons. The van der Waals surface area contributed by atoms with E-state index in [2.05, 4.69) is 52.8 Å². The number of benzene rings is 1. The first-order chi connectivity index (χ1) is 9.20. The molecule has 0 fully saturated rings. The van der Waals surface area contributed by atoms with Gasteiger partial charge in [-0.15, -0.1) is 0 Å². The largest absolute Gasteiger partial charge is 0.312 e. The van der Waals surface area contributed by atoms with Crippen molar-refractivity contribution in [1.29, 1.82) is 0 Å². The Bertz CT molecular complexity index is 480. The van der Waals surface area contributed by atoms with Crippen molar-refractivity contribution in [2.24, 2.45) is 0 Å². The Morgan fingerprint density at radius 1 is 1.21 bits per heavy atom. The Morgan fingerprint density at radius 3 is 2.42 bits per heavy atom. The molecule has 1 atom stereocenters. The summed E-state index contributed by atoms with van der Waals surface area (Å²) in [6, 6.07) is 9.23. The molecule has 0 saturated heterocycles. The fourth-order valence-corrected chi connectivity index (χ4v) is 3.45. The van der Waals surface area contributed by atoms with Gasteiger partial charge in [-0.3, -0.25) is 0 Å². The maximum Gasteiger partial charge on any atom is 0.169 e. The summed E-state index contributed by atoms with van der Waals surface area (Å²) in [5, 5.41) is 3.37. The zero-order chi connectivity index (χ0) is 13.7. The first kappa shape index (κ1) is 14.5. The average molecular weight is 293 g/mol. The summed E-state index contributed by atoms with van der Waals surface area (Å²) in [6.45, 7) is 4.44.